The summed E-state index contributed by atoms with van der Waals surface area (Å²) in [5.41, 5.74) is 0.690. The third-order valence-electron chi connectivity index (χ3n) is 3.32. The predicted molar refractivity (Wildman–Crippen MR) is 95.0 cm³/mol. The molecule has 0 fully saturated rings. The third-order valence-corrected chi connectivity index (χ3v) is 3.32. The van der Waals surface area contributed by atoms with Gasteiger partial charge in [0.2, 0.25) is 0 Å². The van der Waals surface area contributed by atoms with Gasteiger partial charge in [0, 0.05) is 25.8 Å². The molecule has 0 saturated heterocycles. The molecule has 0 aromatic heterocycles. The summed E-state index contributed by atoms with van der Waals surface area (Å²) in [4.78, 5) is 4.43. The van der Waals surface area contributed by atoms with Gasteiger partial charge in [0.1, 0.15) is 11.5 Å². The normalized spacial score (nSPS) is 14.0. The lowest BCUT2D eigenvalue weighted by Gasteiger charge is -2.18. The van der Waals surface area contributed by atoms with Gasteiger partial charge in [0.05, 0.1) is 33.5 Å². The van der Waals surface area contributed by atoms with E-state index < -0.39 is 6.10 Å². The standard InChI is InChI=1S/C17H29N3O4/c1-6-18-17(20-12(2)11-22-3)19-10-16(21)13-7-14(23-4)9-15(8-13)24-5/h7-9,12,16,21H,6,10-11H2,1-5H3,(H2,18,19,20). The molecule has 0 aliphatic heterocycles. The molecule has 1 aromatic carbocycles. The first-order chi connectivity index (χ1) is 11.5. The van der Waals surface area contributed by atoms with E-state index in [0.717, 1.165) is 6.54 Å². The van der Waals surface area contributed by atoms with Crippen molar-refractivity contribution in [1.29, 1.82) is 0 Å². The van der Waals surface area contributed by atoms with Crippen molar-refractivity contribution < 1.29 is 19.3 Å². The highest BCUT2D eigenvalue weighted by atomic mass is 16.5. The largest absolute Gasteiger partial charge is 0.497 e. The molecule has 0 aliphatic carbocycles. The number of nitrogens with zero attached hydrogens (tertiary/aromatic N) is 1. The predicted octanol–water partition coefficient (Wildman–Crippen LogP) is 1.33. The van der Waals surface area contributed by atoms with E-state index in [2.05, 4.69) is 15.6 Å². The van der Waals surface area contributed by atoms with Crippen LogP contribution in [-0.2, 0) is 4.74 Å². The Morgan fingerprint density at radius 3 is 2.29 bits per heavy atom. The molecule has 2 unspecified atom stereocenters. The number of nitrogens with one attached hydrogen (secondary N) is 2. The molecule has 24 heavy (non-hydrogen) atoms. The Balaban J connectivity index is 2.81. The third kappa shape index (κ3) is 6.64. The summed E-state index contributed by atoms with van der Waals surface area (Å²) in [5.74, 6) is 1.90. The minimum atomic E-state index is -0.762. The quantitative estimate of drug-likeness (QED) is 0.465. The van der Waals surface area contributed by atoms with Crippen molar-refractivity contribution in [3.05, 3.63) is 23.8 Å². The lowest BCUT2D eigenvalue weighted by molar-refractivity contribution is 0.178. The first-order valence-corrected chi connectivity index (χ1v) is 7.98. The fraction of sp³-hybridized carbons (Fsp3) is 0.588. The number of aliphatic imine (C=N–C) groups is 1. The summed E-state index contributed by atoms with van der Waals surface area (Å²) < 4.78 is 15.6. The van der Waals surface area contributed by atoms with Crippen LogP contribution >= 0.6 is 0 Å². The molecule has 0 radical (unpaired) electrons. The molecular formula is C17H29N3O4. The molecule has 1 aromatic rings. The number of hydrogen-bond acceptors (Lipinski definition) is 5. The topological polar surface area (TPSA) is 84.3 Å². The van der Waals surface area contributed by atoms with Crippen LogP contribution in [0.25, 0.3) is 0 Å². The number of methoxy groups -OCH3 is 3. The van der Waals surface area contributed by atoms with Gasteiger partial charge in [0.25, 0.3) is 0 Å². The second-order valence-corrected chi connectivity index (χ2v) is 5.38. The number of ether oxygens (including phenoxy) is 3. The van der Waals surface area contributed by atoms with Crippen molar-refractivity contribution in [2.24, 2.45) is 4.99 Å². The fourth-order valence-corrected chi connectivity index (χ4v) is 2.15. The monoisotopic (exact) mass is 339 g/mol. The molecule has 2 atom stereocenters. The average molecular weight is 339 g/mol. The molecule has 136 valence electrons. The van der Waals surface area contributed by atoms with E-state index in [1.165, 1.54) is 0 Å². The molecule has 0 bridgehead atoms. The number of rotatable bonds is 9. The van der Waals surface area contributed by atoms with Gasteiger partial charge in [-0.15, -0.1) is 0 Å². The zero-order valence-corrected chi connectivity index (χ0v) is 15.1. The lowest BCUT2D eigenvalue weighted by Crippen LogP contribution is -2.44. The molecule has 7 nitrogen and oxygen atoms in total. The Hall–Kier alpha value is -1.99. The van der Waals surface area contributed by atoms with Crippen LogP contribution in [0.4, 0.5) is 0 Å². The van der Waals surface area contributed by atoms with E-state index in [1.807, 2.05) is 13.8 Å². The summed E-state index contributed by atoms with van der Waals surface area (Å²) in [6, 6.07) is 5.42. The maximum Gasteiger partial charge on any atom is 0.191 e. The number of hydrogen-bond donors (Lipinski definition) is 3. The maximum absolute atomic E-state index is 10.4. The molecule has 0 heterocycles. The Morgan fingerprint density at radius 1 is 1.17 bits per heavy atom. The van der Waals surface area contributed by atoms with Gasteiger partial charge in [-0.2, -0.15) is 0 Å². The lowest BCUT2D eigenvalue weighted by atomic mass is 10.1. The molecule has 0 spiro atoms. The number of aliphatic hydroxyl groups is 1. The van der Waals surface area contributed by atoms with E-state index in [0.29, 0.717) is 29.6 Å². The molecule has 0 aliphatic rings. The van der Waals surface area contributed by atoms with Crippen LogP contribution in [0.15, 0.2) is 23.2 Å². The summed E-state index contributed by atoms with van der Waals surface area (Å²) in [5, 5.41) is 16.8. The Labute approximate surface area is 144 Å². The van der Waals surface area contributed by atoms with E-state index >= 15 is 0 Å². The van der Waals surface area contributed by atoms with Gasteiger partial charge in [0.15, 0.2) is 5.96 Å². The summed E-state index contributed by atoms with van der Waals surface area (Å²) in [6.07, 6.45) is -0.762. The zero-order valence-electron chi connectivity index (χ0n) is 15.1. The van der Waals surface area contributed by atoms with Crippen LogP contribution in [0.3, 0.4) is 0 Å². The van der Waals surface area contributed by atoms with Crippen molar-refractivity contribution in [2.45, 2.75) is 26.0 Å². The van der Waals surface area contributed by atoms with Gasteiger partial charge in [-0.25, -0.2) is 0 Å². The average Bonchev–Trinajstić information content (AvgIpc) is 2.59. The molecule has 1 rings (SSSR count). The van der Waals surface area contributed by atoms with Crippen molar-refractivity contribution in [1.82, 2.24) is 10.6 Å². The van der Waals surface area contributed by atoms with E-state index in [1.54, 1.807) is 39.5 Å². The fourth-order valence-electron chi connectivity index (χ4n) is 2.15. The highest BCUT2D eigenvalue weighted by Crippen LogP contribution is 2.26. The van der Waals surface area contributed by atoms with Gasteiger partial charge >= 0.3 is 0 Å². The van der Waals surface area contributed by atoms with Gasteiger partial charge < -0.3 is 30.0 Å². The molecule has 0 saturated carbocycles. The highest BCUT2D eigenvalue weighted by molar-refractivity contribution is 5.80. The number of benzene rings is 1. The van der Waals surface area contributed by atoms with Crippen molar-refractivity contribution in [3.8, 4) is 11.5 Å². The van der Waals surface area contributed by atoms with Crippen LogP contribution in [0.5, 0.6) is 11.5 Å². The van der Waals surface area contributed by atoms with Crippen molar-refractivity contribution in [3.63, 3.8) is 0 Å². The summed E-state index contributed by atoms with van der Waals surface area (Å²) >= 11 is 0. The van der Waals surface area contributed by atoms with E-state index in [-0.39, 0.29) is 12.6 Å². The summed E-state index contributed by atoms with van der Waals surface area (Å²) in [7, 11) is 4.81. The Kier molecular flexibility index (Phi) is 8.96. The molecule has 7 heteroatoms. The van der Waals surface area contributed by atoms with Crippen LogP contribution in [0.2, 0.25) is 0 Å². The van der Waals surface area contributed by atoms with Crippen LogP contribution < -0.4 is 20.1 Å². The second kappa shape index (κ2) is 10.7. The first-order valence-electron chi connectivity index (χ1n) is 7.98. The summed E-state index contributed by atoms with van der Waals surface area (Å²) in [6.45, 7) is 5.50. The SMILES string of the molecule is CCNC(=NCC(O)c1cc(OC)cc(OC)c1)NC(C)COC. The smallest absolute Gasteiger partial charge is 0.191 e. The van der Waals surface area contributed by atoms with Crippen LogP contribution in [0.1, 0.15) is 25.5 Å². The van der Waals surface area contributed by atoms with Crippen molar-refractivity contribution in [2.75, 3.05) is 41.0 Å². The van der Waals surface area contributed by atoms with Crippen LogP contribution in [-0.4, -0.2) is 58.1 Å². The minimum Gasteiger partial charge on any atom is -0.497 e. The number of aliphatic hydroxyl groups excluding tert-OH is 1. The molecule has 3 N–H and O–H groups in total. The van der Waals surface area contributed by atoms with Gasteiger partial charge in [-0.1, -0.05) is 0 Å². The first kappa shape index (κ1) is 20.1. The zero-order chi connectivity index (χ0) is 17.9. The maximum atomic E-state index is 10.4. The van der Waals surface area contributed by atoms with Gasteiger partial charge in [-0.05, 0) is 31.5 Å². The Morgan fingerprint density at radius 2 is 1.79 bits per heavy atom. The van der Waals surface area contributed by atoms with Crippen LogP contribution in [0, 0.1) is 0 Å². The van der Waals surface area contributed by atoms with Gasteiger partial charge in [-0.3, -0.25) is 4.99 Å². The van der Waals surface area contributed by atoms with E-state index in [9.17, 15) is 5.11 Å². The molecular weight excluding hydrogens is 310 g/mol. The van der Waals surface area contributed by atoms with E-state index in [4.69, 9.17) is 14.2 Å². The number of guanidine groups is 1. The minimum absolute atomic E-state index is 0.113. The molecule has 0 amide bonds. The Bertz CT molecular complexity index is 500. The highest BCUT2D eigenvalue weighted by Gasteiger charge is 2.12. The van der Waals surface area contributed by atoms with Crippen molar-refractivity contribution >= 4 is 5.96 Å². The second-order valence-electron chi connectivity index (χ2n) is 5.38.